The van der Waals surface area contributed by atoms with E-state index in [1.54, 1.807) is 17.1 Å². The standard InChI is InChI=1S/C15H14N4OS/c1-19-12(7-8-18-19)9-16-14(20)13-10-17-15(21-13)11-5-3-2-4-6-11/h2-8,10H,9H2,1H3,(H,16,20). The van der Waals surface area contributed by atoms with Gasteiger partial charge in [0.2, 0.25) is 0 Å². The van der Waals surface area contributed by atoms with E-state index in [0.29, 0.717) is 11.4 Å². The summed E-state index contributed by atoms with van der Waals surface area (Å²) < 4.78 is 1.74. The zero-order valence-electron chi connectivity index (χ0n) is 11.5. The van der Waals surface area contributed by atoms with E-state index in [2.05, 4.69) is 15.4 Å². The van der Waals surface area contributed by atoms with Crippen LogP contribution in [0.5, 0.6) is 0 Å². The molecule has 0 aliphatic heterocycles. The van der Waals surface area contributed by atoms with Gasteiger partial charge in [0.15, 0.2) is 0 Å². The van der Waals surface area contributed by atoms with Crippen LogP contribution in [-0.4, -0.2) is 20.7 Å². The molecule has 0 bridgehead atoms. The van der Waals surface area contributed by atoms with Gasteiger partial charge in [-0.25, -0.2) is 4.98 Å². The van der Waals surface area contributed by atoms with Crippen LogP contribution in [-0.2, 0) is 13.6 Å². The topological polar surface area (TPSA) is 59.8 Å². The molecule has 0 radical (unpaired) electrons. The highest BCUT2D eigenvalue weighted by molar-refractivity contribution is 7.16. The Balaban J connectivity index is 1.69. The Morgan fingerprint density at radius 3 is 2.81 bits per heavy atom. The van der Waals surface area contributed by atoms with Crippen molar-refractivity contribution >= 4 is 17.2 Å². The fourth-order valence-corrected chi connectivity index (χ4v) is 2.76. The van der Waals surface area contributed by atoms with Crippen molar-refractivity contribution in [2.24, 2.45) is 7.05 Å². The number of aromatic nitrogens is 3. The predicted molar refractivity (Wildman–Crippen MR) is 81.9 cm³/mol. The minimum absolute atomic E-state index is 0.115. The first-order valence-electron chi connectivity index (χ1n) is 6.50. The van der Waals surface area contributed by atoms with Crippen molar-refractivity contribution in [3.05, 3.63) is 59.4 Å². The van der Waals surface area contributed by atoms with Crippen LogP contribution in [0, 0.1) is 0 Å². The van der Waals surface area contributed by atoms with Crippen LogP contribution >= 0.6 is 11.3 Å². The maximum absolute atomic E-state index is 12.1. The Hall–Kier alpha value is -2.47. The van der Waals surface area contributed by atoms with Gasteiger partial charge >= 0.3 is 0 Å². The number of nitrogens with zero attached hydrogens (tertiary/aromatic N) is 3. The SMILES string of the molecule is Cn1nccc1CNC(=O)c1cnc(-c2ccccc2)s1. The van der Waals surface area contributed by atoms with E-state index >= 15 is 0 Å². The van der Waals surface area contributed by atoms with Crippen molar-refractivity contribution in [2.75, 3.05) is 0 Å². The highest BCUT2D eigenvalue weighted by atomic mass is 32.1. The predicted octanol–water partition coefficient (Wildman–Crippen LogP) is 2.47. The molecule has 5 nitrogen and oxygen atoms in total. The molecule has 1 N–H and O–H groups in total. The van der Waals surface area contributed by atoms with Crippen molar-refractivity contribution in [1.82, 2.24) is 20.1 Å². The molecule has 21 heavy (non-hydrogen) atoms. The molecule has 1 aromatic carbocycles. The lowest BCUT2D eigenvalue weighted by molar-refractivity contribution is 0.0954. The van der Waals surface area contributed by atoms with E-state index in [0.717, 1.165) is 16.3 Å². The van der Waals surface area contributed by atoms with E-state index in [9.17, 15) is 4.79 Å². The summed E-state index contributed by atoms with van der Waals surface area (Å²) in [6.45, 7) is 0.452. The number of rotatable bonds is 4. The second kappa shape index (κ2) is 5.88. The van der Waals surface area contributed by atoms with Crippen LogP contribution < -0.4 is 5.32 Å². The summed E-state index contributed by atoms with van der Waals surface area (Å²) in [5, 5.41) is 7.79. The van der Waals surface area contributed by atoms with Gasteiger partial charge in [-0.15, -0.1) is 11.3 Å². The molecule has 0 fully saturated rings. The molecule has 0 unspecified atom stereocenters. The molecule has 3 aromatic rings. The normalized spacial score (nSPS) is 10.5. The molecule has 2 aromatic heterocycles. The molecule has 1 amide bonds. The van der Waals surface area contributed by atoms with Gasteiger partial charge in [0, 0.05) is 18.8 Å². The summed E-state index contributed by atoms with van der Waals surface area (Å²) >= 11 is 1.39. The lowest BCUT2D eigenvalue weighted by Gasteiger charge is -2.03. The molecule has 0 aliphatic carbocycles. The third-order valence-electron chi connectivity index (χ3n) is 3.10. The van der Waals surface area contributed by atoms with Gasteiger partial charge in [0.05, 0.1) is 18.4 Å². The van der Waals surface area contributed by atoms with Crippen LogP contribution in [0.1, 0.15) is 15.4 Å². The molecule has 2 heterocycles. The zero-order valence-corrected chi connectivity index (χ0v) is 12.3. The Kier molecular flexibility index (Phi) is 3.79. The van der Waals surface area contributed by atoms with E-state index in [4.69, 9.17) is 0 Å². The number of hydrogen-bond donors (Lipinski definition) is 1. The van der Waals surface area contributed by atoms with E-state index in [1.807, 2.05) is 43.4 Å². The fourth-order valence-electron chi connectivity index (χ4n) is 1.93. The van der Waals surface area contributed by atoms with E-state index in [1.165, 1.54) is 11.3 Å². The van der Waals surface area contributed by atoms with Crippen molar-refractivity contribution in [3.63, 3.8) is 0 Å². The second-order valence-electron chi connectivity index (χ2n) is 4.52. The Morgan fingerprint density at radius 1 is 1.29 bits per heavy atom. The third kappa shape index (κ3) is 3.00. The quantitative estimate of drug-likeness (QED) is 0.805. The molecule has 6 heteroatoms. The highest BCUT2D eigenvalue weighted by Crippen LogP contribution is 2.24. The van der Waals surface area contributed by atoms with Crippen LogP contribution in [0.4, 0.5) is 0 Å². The Bertz CT molecular complexity index is 748. The van der Waals surface area contributed by atoms with Crippen molar-refractivity contribution in [3.8, 4) is 10.6 Å². The van der Waals surface area contributed by atoms with Gasteiger partial charge in [0.1, 0.15) is 9.88 Å². The number of hydrogen-bond acceptors (Lipinski definition) is 4. The Labute approximate surface area is 126 Å². The molecule has 0 saturated heterocycles. The number of thiazole rings is 1. The largest absolute Gasteiger partial charge is 0.346 e. The number of amides is 1. The molecular formula is C15H14N4OS. The average Bonchev–Trinajstić information content (AvgIpc) is 3.15. The molecule has 3 rings (SSSR count). The molecule has 0 aliphatic rings. The third-order valence-corrected chi connectivity index (χ3v) is 4.15. The lowest BCUT2D eigenvalue weighted by atomic mass is 10.2. The van der Waals surface area contributed by atoms with Gasteiger partial charge in [-0.2, -0.15) is 5.10 Å². The van der Waals surface area contributed by atoms with Gasteiger partial charge < -0.3 is 5.32 Å². The van der Waals surface area contributed by atoms with Gasteiger partial charge in [0.25, 0.3) is 5.91 Å². The van der Waals surface area contributed by atoms with Crippen molar-refractivity contribution < 1.29 is 4.79 Å². The fraction of sp³-hybridized carbons (Fsp3) is 0.133. The lowest BCUT2D eigenvalue weighted by Crippen LogP contribution is -2.23. The molecule has 106 valence electrons. The summed E-state index contributed by atoms with van der Waals surface area (Å²) in [5.74, 6) is -0.115. The van der Waals surface area contributed by atoms with Gasteiger partial charge in [-0.05, 0) is 6.07 Å². The first kappa shape index (κ1) is 13.5. The monoisotopic (exact) mass is 298 g/mol. The zero-order chi connectivity index (χ0) is 14.7. The van der Waals surface area contributed by atoms with E-state index in [-0.39, 0.29) is 5.91 Å². The molecule has 0 atom stereocenters. The highest BCUT2D eigenvalue weighted by Gasteiger charge is 2.11. The summed E-state index contributed by atoms with van der Waals surface area (Å²) in [6, 6.07) is 11.7. The molecule has 0 spiro atoms. The smallest absolute Gasteiger partial charge is 0.263 e. The number of aryl methyl sites for hydroxylation is 1. The van der Waals surface area contributed by atoms with Gasteiger partial charge in [-0.3, -0.25) is 9.48 Å². The van der Waals surface area contributed by atoms with Crippen molar-refractivity contribution in [2.45, 2.75) is 6.54 Å². The first-order valence-corrected chi connectivity index (χ1v) is 7.32. The summed E-state index contributed by atoms with van der Waals surface area (Å²) in [5.41, 5.74) is 1.98. The van der Waals surface area contributed by atoms with Crippen LogP contribution in [0.2, 0.25) is 0 Å². The summed E-state index contributed by atoms with van der Waals surface area (Å²) in [6.07, 6.45) is 3.33. The Morgan fingerprint density at radius 2 is 2.10 bits per heavy atom. The number of carbonyl (C=O) groups is 1. The summed E-state index contributed by atoms with van der Waals surface area (Å²) in [7, 11) is 1.85. The maximum atomic E-state index is 12.1. The number of benzene rings is 1. The average molecular weight is 298 g/mol. The molecule has 0 saturated carbocycles. The molecular weight excluding hydrogens is 284 g/mol. The van der Waals surface area contributed by atoms with Crippen LogP contribution in [0.25, 0.3) is 10.6 Å². The van der Waals surface area contributed by atoms with E-state index < -0.39 is 0 Å². The second-order valence-corrected chi connectivity index (χ2v) is 5.56. The minimum Gasteiger partial charge on any atom is -0.346 e. The maximum Gasteiger partial charge on any atom is 0.263 e. The van der Waals surface area contributed by atoms with Crippen molar-refractivity contribution in [1.29, 1.82) is 0 Å². The minimum atomic E-state index is -0.115. The number of nitrogens with one attached hydrogen (secondary N) is 1. The number of carbonyl (C=O) groups excluding carboxylic acids is 1. The van der Waals surface area contributed by atoms with Gasteiger partial charge in [-0.1, -0.05) is 30.3 Å². The first-order chi connectivity index (χ1) is 10.2. The summed E-state index contributed by atoms with van der Waals surface area (Å²) in [4.78, 5) is 17.0. The van der Waals surface area contributed by atoms with Crippen LogP contribution in [0.15, 0.2) is 48.8 Å². The van der Waals surface area contributed by atoms with Crippen LogP contribution in [0.3, 0.4) is 0 Å².